The first-order chi connectivity index (χ1) is 11.8. The highest BCUT2D eigenvalue weighted by Gasteiger charge is 2.18. The van der Waals surface area contributed by atoms with E-state index in [2.05, 4.69) is 25.9 Å². The lowest BCUT2D eigenvalue weighted by Gasteiger charge is -2.31. The molecule has 1 aliphatic heterocycles. The average Bonchev–Trinajstić information content (AvgIpc) is 3.17. The van der Waals surface area contributed by atoms with Crippen molar-refractivity contribution in [2.24, 2.45) is 5.73 Å². The molecule has 3 N–H and O–H groups in total. The molecule has 122 valence electrons. The highest BCUT2D eigenvalue weighted by Crippen LogP contribution is 2.25. The highest BCUT2D eigenvalue weighted by molar-refractivity contribution is 5.68. The zero-order valence-corrected chi connectivity index (χ0v) is 13.4. The molecule has 1 aromatic carbocycles. The number of aromatic nitrogens is 4. The fraction of sp³-hybridized carbons (Fsp3) is 0.278. The first kappa shape index (κ1) is 14.8. The van der Waals surface area contributed by atoms with E-state index in [0.29, 0.717) is 0 Å². The Bertz CT molecular complexity index is 814. The molecular weight excluding hydrogens is 300 g/mol. The van der Waals surface area contributed by atoms with Gasteiger partial charge >= 0.3 is 0 Å². The lowest BCUT2D eigenvalue weighted by Crippen LogP contribution is -2.43. The number of rotatable bonds is 3. The Balaban J connectivity index is 1.65. The quantitative estimate of drug-likeness (QED) is 0.774. The standard InChI is InChI=1S/C18H20N6/c19-15-5-2-8-24(12-15)17-11-20-10-16(23-17)13-3-1-4-14(9-13)18-21-6-7-22-18/h1,3-4,6-7,9-11,15H,2,5,8,12,19H2,(H,21,22). The SMILES string of the molecule is NC1CCCN(c2cncc(-c3cccc(-c4ncc[nH]4)c3)n2)C1. The van der Waals surface area contributed by atoms with Crippen LogP contribution in [0.4, 0.5) is 5.82 Å². The van der Waals surface area contributed by atoms with E-state index in [1.54, 1.807) is 12.4 Å². The number of aromatic amines is 1. The zero-order valence-electron chi connectivity index (χ0n) is 13.4. The van der Waals surface area contributed by atoms with Gasteiger partial charge in [-0.15, -0.1) is 0 Å². The minimum Gasteiger partial charge on any atom is -0.354 e. The van der Waals surface area contributed by atoms with Crippen LogP contribution in [0.25, 0.3) is 22.6 Å². The van der Waals surface area contributed by atoms with E-state index in [4.69, 9.17) is 10.7 Å². The van der Waals surface area contributed by atoms with Crippen molar-refractivity contribution < 1.29 is 0 Å². The molecule has 3 aromatic rings. The van der Waals surface area contributed by atoms with E-state index in [1.165, 1.54) is 0 Å². The lowest BCUT2D eigenvalue weighted by atomic mass is 10.1. The number of benzene rings is 1. The lowest BCUT2D eigenvalue weighted by molar-refractivity contribution is 0.503. The maximum absolute atomic E-state index is 6.09. The summed E-state index contributed by atoms with van der Waals surface area (Å²) in [5.74, 6) is 1.74. The summed E-state index contributed by atoms with van der Waals surface area (Å²) >= 11 is 0. The van der Waals surface area contributed by atoms with Crippen LogP contribution in [-0.2, 0) is 0 Å². The van der Waals surface area contributed by atoms with Crippen LogP contribution >= 0.6 is 0 Å². The van der Waals surface area contributed by atoms with Crippen molar-refractivity contribution in [3.63, 3.8) is 0 Å². The maximum atomic E-state index is 6.09. The molecule has 1 fully saturated rings. The molecule has 3 heterocycles. The fourth-order valence-electron chi connectivity index (χ4n) is 3.11. The predicted octanol–water partition coefficient (Wildman–Crippen LogP) is 2.46. The monoisotopic (exact) mass is 320 g/mol. The van der Waals surface area contributed by atoms with Crippen LogP contribution in [0.15, 0.2) is 49.1 Å². The number of anilines is 1. The van der Waals surface area contributed by atoms with Gasteiger partial charge in [-0.3, -0.25) is 4.98 Å². The van der Waals surface area contributed by atoms with Crippen LogP contribution in [-0.4, -0.2) is 39.1 Å². The third-order valence-electron chi connectivity index (χ3n) is 4.33. The Labute approximate surface area is 140 Å². The number of imidazole rings is 1. The number of nitrogens with two attached hydrogens (primary N) is 1. The summed E-state index contributed by atoms with van der Waals surface area (Å²) in [6, 6.07) is 8.38. The summed E-state index contributed by atoms with van der Waals surface area (Å²) in [7, 11) is 0. The average molecular weight is 320 g/mol. The number of H-pyrrole nitrogens is 1. The number of piperidine rings is 1. The summed E-state index contributed by atoms with van der Waals surface area (Å²) in [5, 5.41) is 0. The van der Waals surface area contributed by atoms with Gasteiger partial charge in [0.1, 0.15) is 11.6 Å². The molecule has 6 heteroatoms. The Hall–Kier alpha value is -2.73. The molecule has 1 atom stereocenters. The Morgan fingerprint density at radius 3 is 2.96 bits per heavy atom. The molecule has 0 bridgehead atoms. The van der Waals surface area contributed by atoms with Crippen molar-refractivity contribution in [3.8, 4) is 22.6 Å². The second-order valence-corrected chi connectivity index (χ2v) is 6.13. The van der Waals surface area contributed by atoms with Crippen molar-refractivity contribution in [2.45, 2.75) is 18.9 Å². The Kier molecular flexibility index (Phi) is 3.96. The van der Waals surface area contributed by atoms with E-state index in [-0.39, 0.29) is 6.04 Å². The molecule has 0 aliphatic carbocycles. The summed E-state index contributed by atoms with van der Waals surface area (Å²) < 4.78 is 0. The summed E-state index contributed by atoms with van der Waals surface area (Å²) in [4.78, 5) is 18.8. The van der Waals surface area contributed by atoms with Gasteiger partial charge in [0.25, 0.3) is 0 Å². The second kappa shape index (κ2) is 6.41. The summed E-state index contributed by atoms with van der Waals surface area (Å²) in [6.07, 6.45) is 9.37. The molecule has 6 nitrogen and oxygen atoms in total. The van der Waals surface area contributed by atoms with Crippen LogP contribution < -0.4 is 10.6 Å². The Morgan fingerprint density at radius 1 is 1.21 bits per heavy atom. The third-order valence-corrected chi connectivity index (χ3v) is 4.33. The minimum absolute atomic E-state index is 0.214. The molecule has 1 aliphatic rings. The molecule has 1 unspecified atom stereocenters. The topological polar surface area (TPSA) is 83.7 Å². The highest BCUT2D eigenvalue weighted by atomic mass is 15.2. The number of nitrogens with one attached hydrogen (secondary N) is 1. The van der Waals surface area contributed by atoms with Crippen LogP contribution in [0, 0.1) is 0 Å². The third kappa shape index (κ3) is 3.00. The van der Waals surface area contributed by atoms with Gasteiger partial charge in [0, 0.05) is 42.7 Å². The second-order valence-electron chi connectivity index (χ2n) is 6.13. The predicted molar refractivity (Wildman–Crippen MR) is 94.5 cm³/mol. The van der Waals surface area contributed by atoms with E-state index < -0.39 is 0 Å². The van der Waals surface area contributed by atoms with Gasteiger partial charge in [0.05, 0.1) is 18.1 Å². The molecule has 2 aromatic heterocycles. The van der Waals surface area contributed by atoms with Crippen molar-refractivity contribution >= 4 is 5.82 Å². The molecule has 0 radical (unpaired) electrons. The molecule has 24 heavy (non-hydrogen) atoms. The number of hydrogen-bond donors (Lipinski definition) is 2. The molecule has 0 saturated carbocycles. The normalized spacial score (nSPS) is 17.9. The number of nitrogens with zero attached hydrogens (tertiary/aromatic N) is 4. The maximum Gasteiger partial charge on any atom is 0.147 e. The Morgan fingerprint density at radius 2 is 2.12 bits per heavy atom. The molecule has 0 spiro atoms. The van der Waals surface area contributed by atoms with Crippen LogP contribution in [0.3, 0.4) is 0 Å². The smallest absolute Gasteiger partial charge is 0.147 e. The minimum atomic E-state index is 0.214. The van der Waals surface area contributed by atoms with Crippen LogP contribution in [0.5, 0.6) is 0 Å². The van der Waals surface area contributed by atoms with Gasteiger partial charge in [-0.2, -0.15) is 0 Å². The first-order valence-corrected chi connectivity index (χ1v) is 8.22. The molecular formula is C18H20N6. The van der Waals surface area contributed by atoms with Gasteiger partial charge in [-0.25, -0.2) is 9.97 Å². The van der Waals surface area contributed by atoms with E-state index >= 15 is 0 Å². The molecule has 1 saturated heterocycles. The summed E-state index contributed by atoms with van der Waals surface area (Å²) in [6.45, 7) is 1.82. The first-order valence-electron chi connectivity index (χ1n) is 8.22. The van der Waals surface area contributed by atoms with E-state index in [9.17, 15) is 0 Å². The van der Waals surface area contributed by atoms with Gasteiger partial charge < -0.3 is 15.6 Å². The van der Waals surface area contributed by atoms with Crippen molar-refractivity contribution in [3.05, 3.63) is 49.1 Å². The summed E-state index contributed by atoms with van der Waals surface area (Å²) in [5.41, 5.74) is 9.01. The zero-order chi connectivity index (χ0) is 16.4. The van der Waals surface area contributed by atoms with Crippen molar-refractivity contribution in [1.82, 2.24) is 19.9 Å². The van der Waals surface area contributed by atoms with Crippen LogP contribution in [0.2, 0.25) is 0 Å². The number of hydrogen-bond acceptors (Lipinski definition) is 5. The van der Waals surface area contributed by atoms with Gasteiger partial charge in [0.15, 0.2) is 0 Å². The van der Waals surface area contributed by atoms with Crippen molar-refractivity contribution in [2.75, 3.05) is 18.0 Å². The van der Waals surface area contributed by atoms with Gasteiger partial charge in [0.2, 0.25) is 0 Å². The van der Waals surface area contributed by atoms with Crippen molar-refractivity contribution in [1.29, 1.82) is 0 Å². The van der Waals surface area contributed by atoms with E-state index in [0.717, 1.165) is 54.4 Å². The molecule has 4 rings (SSSR count). The van der Waals surface area contributed by atoms with Crippen LogP contribution in [0.1, 0.15) is 12.8 Å². The van der Waals surface area contributed by atoms with E-state index in [1.807, 2.05) is 30.6 Å². The van der Waals surface area contributed by atoms with Gasteiger partial charge in [-0.05, 0) is 18.9 Å². The largest absolute Gasteiger partial charge is 0.354 e. The fourth-order valence-corrected chi connectivity index (χ4v) is 3.11. The molecule has 0 amide bonds. The van der Waals surface area contributed by atoms with Gasteiger partial charge in [-0.1, -0.05) is 18.2 Å².